The average Bonchev–Trinajstić information content (AvgIpc) is 2.89. The van der Waals surface area contributed by atoms with E-state index in [1.165, 1.54) is 0 Å². The maximum Gasteiger partial charge on any atom is 0.252 e. The predicted octanol–water partition coefficient (Wildman–Crippen LogP) is 6.38. The molecule has 0 aliphatic heterocycles. The zero-order valence-corrected chi connectivity index (χ0v) is 19.0. The Labute approximate surface area is 199 Å². The maximum absolute atomic E-state index is 13.9. The number of carbonyl (C=O) groups is 1. The highest BCUT2D eigenvalue weighted by molar-refractivity contribution is 6.09. The van der Waals surface area contributed by atoms with Gasteiger partial charge >= 0.3 is 0 Å². The van der Waals surface area contributed by atoms with E-state index in [0.717, 1.165) is 39.0 Å². The van der Waals surface area contributed by atoms with Crippen molar-refractivity contribution in [2.45, 2.75) is 19.4 Å². The van der Waals surface area contributed by atoms with Gasteiger partial charge in [-0.1, -0.05) is 84.9 Å². The molecule has 166 valence electrons. The first-order valence-corrected chi connectivity index (χ1v) is 11.4. The van der Waals surface area contributed by atoms with Gasteiger partial charge in [0, 0.05) is 29.3 Å². The molecule has 0 radical (unpaired) electrons. The zero-order chi connectivity index (χ0) is 23.3. The molecular weight excluding hydrogens is 418 g/mol. The van der Waals surface area contributed by atoms with Crippen LogP contribution in [0.3, 0.4) is 0 Å². The van der Waals surface area contributed by atoms with Gasteiger partial charge in [-0.05, 0) is 36.2 Å². The highest BCUT2D eigenvalue weighted by Gasteiger charge is 2.23. The minimum Gasteiger partial charge on any atom is -0.345 e. The molecule has 0 aliphatic rings. The Morgan fingerprint density at radius 2 is 1.50 bits per heavy atom. The summed E-state index contributed by atoms with van der Waals surface area (Å²) in [6.45, 7) is 2.01. The van der Waals surface area contributed by atoms with Crippen LogP contribution in [0.2, 0.25) is 0 Å². The number of nitrogens with one attached hydrogen (secondary N) is 1. The van der Waals surface area contributed by atoms with Gasteiger partial charge in [-0.25, -0.2) is 4.98 Å². The molecule has 0 saturated carbocycles. The Balaban J connectivity index is 1.69. The van der Waals surface area contributed by atoms with E-state index in [1.54, 1.807) is 6.20 Å². The van der Waals surface area contributed by atoms with Gasteiger partial charge in [0.15, 0.2) is 0 Å². The summed E-state index contributed by atoms with van der Waals surface area (Å²) in [5.41, 5.74) is 6.06. The first-order valence-electron chi connectivity index (χ1n) is 11.4. The summed E-state index contributed by atoms with van der Waals surface area (Å²) in [5, 5.41) is 4.06. The largest absolute Gasteiger partial charge is 0.345 e. The third-order valence-electron chi connectivity index (χ3n) is 6.00. The highest BCUT2D eigenvalue weighted by Crippen LogP contribution is 2.32. The van der Waals surface area contributed by atoms with Gasteiger partial charge in [0.25, 0.3) is 5.91 Å². The molecule has 1 N–H and O–H groups in total. The Bertz CT molecular complexity index is 1420. The van der Waals surface area contributed by atoms with Crippen molar-refractivity contribution >= 4 is 16.8 Å². The third kappa shape index (κ3) is 4.44. The lowest BCUT2D eigenvalue weighted by molar-refractivity contribution is 0.0940. The fraction of sp³-hybridized carbons (Fsp3) is 0.100. The lowest BCUT2D eigenvalue weighted by Gasteiger charge is -2.20. The van der Waals surface area contributed by atoms with Crippen LogP contribution >= 0.6 is 0 Å². The molecule has 0 saturated heterocycles. The van der Waals surface area contributed by atoms with Gasteiger partial charge in [0.1, 0.15) is 0 Å². The molecule has 2 aromatic heterocycles. The number of amides is 1. The van der Waals surface area contributed by atoms with E-state index in [1.807, 2.05) is 110 Å². The molecule has 4 nitrogen and oxygen atoms in total. The number of pyridine rings is 2. The number of hydrogen-bond acceptors (Lipinski definition) is 3. The predicted molar refractivity (Wildman–Crippen MR) is 137 cm³/mol. The number of benzene rings is 3. The number of rotatable bonds is 6. The standard InChI is InChI=1S/C30H25N3O/c1-21(22-12-4-2-5-13-22)32-30(34)28-25-17-8-9-18-27(25)33-29(23-14-6-3-7-15-23)26(28)20-24-16-10-11-19-31-24/h2-19,21H,20H2,1H3,(H,32,34). The summed E-state index contributed by atoms with van der Waals surface area (Å²) in [6.07, 6.45) is 2.29. The molecule has 5 aromatic rings. The van der Waals surface area contributed by atoms with Crippen LogP contribution in [0.25, 0.3) is 22.2 Å². The molecule has 0 fully saturated rings. The SMILES string of the molecule is CC(NC(=O)c1c(Cc2ccccn2)c(-c2ccccc2)nc2ccccc12)c1ccccc1. The Kier molecular flexibility index (Phi) is 6.13. The van der Waals surface area contributed by atoms with Gasteiger partial charge in [-0.2, -0.15) is 0 Å². The van der Waals surface area contributed by atoms with Crippen molar-refractivity contribution in [3.05, 3.63) is 132 Å². The van der Waals surface area contributed by atoms with E-state index >= 15 is 0 Å². The van der Waals surface area contributed by atoms with E-state index < -0.39 is 0 Å². The minimum atomic E-state index is -0.136. The average molecular weight is 444 g/mol. The molecule has 0 bridgehead atoms. The topological polar surface area (TPSA) is 54.9 Å². The van der Waals surface area contributed by atoms with Gasteiger partial charge in [0.2, 0.25) is 0 Å². The summed E-state index contributed by atoms with van der Waals surface area (Å²) in [5.74, 6) is -0.113. The molecule has 3 aromatic carbocycles. The van der Waals surface area contributed by atoms with Crippen LogP contribution in [0.15, 0.2) is 109 Å². The molecular formula is C30H25N3O. The minimum absolute atomic E-state index is 0.113. The number of fused-ring (bicyclic) bond motifs is 1. The van der Waals surface area contributed by atoms with Crippen LogP contribution in [0.5, 0.6) is 0 Å². The quantitative estimate of drug-likeness (QED) is 0.331. The van der Waals surface area contributed by atoms with Gasteiger partial charge in [-0.3, -0.25) is 9.78 Å². The Morgan fingerprint density at radius 3 is 2.24 bits per heavy atom. The number of nitrogens with zero attached hydrogens (tertiary/aromatic N) is 2. The molecule has 1 atom stereocenters. The Morgan fingerprint density at radius 1 is 0.824 bits per heavy atom. The normalized spacial score (nSPS) is 11.8. The molecule has 2 heterocycles. The number of carbonyl (C=O) groups excluding carboxylic acids is 1. The van der Waals surface area contributed by atoms with Crippen molar-refractivity contribution in [2.75, 3.05) is 0 Å². The summed E-state index contributed by atoms with van der Waals surface area (Å²) in [4.78, 5) is 23.4. The van der Waals surface area contributed by atoms with Crippen LogP contribution < -0.4 is 5.32 Å². The van der Waals surface area contributed by atoms with E-state index in [2.05, 4.69) is 10.3 Å². The van der Waals surface area contributed by atoms with Crippen molar-refractivity contribution < 1.29 is 4.79 Å². The van der Waals surface area contributed by atoms with E-state index in [4.69, 9.17) is 4.98 Å². The van der Waals surface area contributed by atoms with Gasteiger partial charge < -0.3 is 5.32 Å². The fourth-order valence-corrected chi connectivity index (χ4v) is 4.30. The maximum atomic E-state index is 13.9. The molecule has 1 amide bonds. The molecule has 0 aliphatic carbocycles. The fourth-order valence-electron chi connectivity index (χ4n) is 4.30. The highest BCUT2D eigenvalue weighted by atomic mass is 16.1. The molecule has 4 heteroatoms. The molecule has 0 spiro atoms. The molecule has 5 rings (SSSR count). The van der Waals surface area contributed by atoms with Crippen molar-refractivity contribution in [2.24, 2.45) is 0 Å². The van der Waals surface area contributed by atoms with E-state index in [-0.39, 0.29) is 11.9 Å². The molecule has 1 unspecified atom stereocenters. The van der Waals surface area contributed by atoms with Crippen LogP contribution in [-0.2, 0) is 6.42 Å². The van der Waals surface area contributed by atoms with Crippen LogP contribution in [-0.4, -0.2) is 15.9 Å². The van der Waals surface area contributed by atoms with Crippen LogP contribution in [0.1, 0.15) is 40.1 Å². The smallest absolute Gasteiger partial charge is 0.252 e. The van der Waals surface area contributed by atoms with Crippen molar-refractivity contribution in [1.29, 1.82) is 0 Å². The number of hydrogen-bond donors (Lipinski definition) is 1. The van der Waals surface area contributed by atoms with Crippen molar-refractivity contribution in [3.63, 3.8) is 0 Å². The molecule has 34 heavy (non-hydrogen) atoms. The van der Waals surface area contributed by atoms with Crippen LogP contribution in [0.4, 0.5) is 0 Å². The van der Waals surface area contributed by atoms with Crippen molar-refractivity contribution in [3.8, 4) is 11.3 Å². The third-order valence-corrected chi connectivity index (χ3v) is 6.00. The summed E-state index contributed by atoms with van der Waals surface area (Å²) >= 11 is 0. The summed E-state index contributed by atoms with van der Waals surface area (Å²) in [7, 11) is 0. The first-order chi connectivity index (χ1) is 16.7. The second-order valence-electron chi connectivity index (χ2n) is 8.30. The Hall–Kier alpha value is -4.31. The number of aromatic nitrogens is 2. The lowest BCUT2D eigenvalue weighted by atomic mass is 9.92. The zero-order valence-electron chi connectivity index (χ0n) is 19.0. The monoisotopic (exact) mass is 443 g/mol. The summed E-state index contributed by atoms with van der Waals surface area (Å²) in [6, 6.07) is 33.6. The van der Waals surface area contributed by atoms with Gasteiger partial charge in [-0.15, -0.1) is 0 Å². The van der Waals surface area contributed by atoms with Crippen molar-refractivity contribution in [1.82, 2.24) is 15.3 Å². The number of para-hydroxylation sites is 1. The van der Waals surface area contributed by atoms with E-state index in [9.17, 15) is 4.79 Å². The summed E-state index contributed by atoms with van der Waals surface area (Å²) < 4.78 is 0. The second-order valence-corrected chi connectivity index (χ2v) is 8.30. The van der Waals surface area contributed by atoms with Gasteiger partial charge in [0.05, 0.1) is 22.8 Å². The second kappa shape index (κ2) is 9.67. The first kappa shape index (κ1) is 21.5. The lowest BCUT2D eigenvalue weighted by Crippen LogP contribution is -2.28. The van der Waals surface area contributed by atoms with E-state index in [0.29, 0.717) is 12.0 Å². The van der Waals surface area contributed by atoms with Crippen LogP contribution in [0, 0.1) is 0 Å².